The lowest BCUT2D eigenvalue weighted by Crippen LogP contribution is -2.30. The number of anilines is 3. The second-order valence-corrected chi connectivity index (χ2v) is 9.86. The summed E-state index contributed by atoms with van der Waals surface area (Å²) in [5, 5.41) is 2.58. The van der Waals surface area contributed by atoms with Crippen molar-refractivity contribution in [2.75, 3.05) is 4.90 Å². The van der Waals surface area contributed by atoms with Crippen molar-refractivity contribution >= 4 is 38.9 Å². The summed E-state index contributed by atoms with van der Waals surface area (Å²) in [5.41, 5.74) is 9.93. The third-order valence-electron chi connectivity index (χ3n) is 7.56. The van der Waals surface area contributed by atoms with Crippen molar-refractivity contribution in [3.63, 3.8) is 0 Å². The van der Waals surface area contributed by atoms with Gasteiger partial charge in [0, 0.05) is 27.6 Å². The Balaban J connectivity index is 1.68. The van der Waals surface area contributed by atoms with E-state index in [0.29, 0.717) is 0 Å². The molecule has 0 amide bonds. The van der Waals surface area contributed by atoms with Gasteiger partial charge in [-0.15, -0.1) is 0 Å². The lowest BCUT2D eigenvalue weighted by molar-refractivity contribution is 0.633. The van der Waals surface area contributed by atoms with Crippen molar-refractivity contribution in [3.05, 3.63) is 132 Å². The smallest absolute Gasteiger partial charge is 0.0602 e. The summed E-state index contributed by atoms with van der Waals surface area (Å²) < 4.78 is 2.40. The van der Waals surface area contributed by atoms with Crippen LogP contribution in [0.1, 0.15) is 25.0 Å². The van der Waals surface area contributed by atoms with Gasteiger partial charge in [-0.3, -0.25) is 0 Å². The van der Waals surface area contributed by atoms with Crippen molar-refractivity contribution < 1.29 is 0 Å². The number of hydrogen-bond donors (Lipinski definition) is 0. The van der Waals surface area contributed by atoms with Crippen molar-refractivity contribution in [2.24, 2.45) is 0 Å². The molecule has 2 heteroatoms. The summed E-state index contributed by atoms with van der Waals surface area (Å²) in [4.78, 5) is 2.47. The number of aromatic nitrogens is 1. The van der Waals surface area contributed by atoms with Crippen LogP contribution in [0.3, 0.4) is 0 Å². The summed E-state index contributed by atoms with van der Waals surface area (Å²) in [6.45, 7) is 4.71. The summed E-state index contributed by atoms with van der Waals surface area (Å²) in [7, 11) is 0. The van der Waals surface area contributed by atoms with E-state index in [1.807, 2.05) is 0 Å². The molecular formula is C33H26N2. The molecule has 1 aliphatic heterocycles. The normalized spacial score (nSPS) is 14.2. The average Bonchev–Trinajstić information content (AvgIpc) is 3.25. The van der Waals surface area contributed by atoms with Crippen LogP contribution >= 0.6 is 0 Å². The molecule has 1 aliphatic rings. The molecule has 0 saturated carbocycles. The molecule has 2 heterocycles. The van der Waals surface area contributed by atoms with E-state index in [9.17, 15) is 0 Å². The molecule has 0 atom stereocenters. The van der Waals surface area contributed by atoms with Crippen LogP contribution in [0.15, 0.2) is 121 Å². The van der Waals surface area contributed by atoms with Gasteiger partial charge in [0.15, 0.2) is 0 Å². The van der Waals surface area contributed by atoms with Gasteiger partial charge in [-0.05, 0) is 53.6 Å². The van der Waals surface area contributed by atoms with Gasteiger partial charge < -0.3 is 9.47 Å². The van der Waals surface area contributed by atoms with E-state index >= 15 is 0 Å². The Kier molecular flexibility index (Phi) is 4.22. The van der Waals surface area contributed by atoms with E-state index in [4.69, 9.17) is 0 Å². The highest BCUT2D eigenvalue weighted by Gasteiger charge is 2.38. The zero-order chi connectivity index (χ0) is 23.6. The summed E-state index contributed by atoms with van der Waals surface area (Å²) in [6, 6.07) is 43.8. The SMILES string of the molecule is CC1(C)c2ccccc2N(c2ccccc2)c2c1ccc1c2c2ccccc2n1-c1ccccc1. The van der Waals surface area contributed by atoms with Gasteiger partial charge in [-0.1, -0.05) is 92.7 Å². The number of rotatable bonds is 2. The highest BCUT2D eigenvalue weighted by molar-refractivity contribution is 6.18. The number of nitrogens with zero attached hydrogens (tertiary/aromatic N) is 2. The van der Waals surface area contributed by atoms with E-state index in [1.165, 1.54) is 55.7 Å². The molecule has 0 fully saturated rings. The molecule has 0 N–H and O–H groups in total. The molecule has 6 aromatic rings. The second kappa shape index (κ2) is 7.35. The number of fused-ring (bicyclic) bond motifs is 6. The first-order chi connectivity index (χ1) is 17.2. The molecule has 0 spiro atoms. The highest BCUT2D eigenvalue weighted by atomic mass is 15.2. The predicted molar refractivity (Wildman–Crippen MR) is 148 cm³/mol. The predicted octanol–water partition coefficient (Wildman–Crippen LogP) is 8.89. The Morgan fingerprint density at radius 1 is 0.514 bits per heavy atom. The van der Waals surface area contributed by atoms with Gasteiger partial charge in [0.2, 0.25) is 0 Å². The molecule has 0 unspecified atom stereocenters. The van der Waals surface area contributed by atoms with E-state index in [1.54, 1.807) is 0 Å². The lowest BCUT2D eigenvalue weighted by Gasteiger charge is -2.42. The standard InChI is InChI=1S/C33H26N2/c1-33(2)26-18-10-12-20-29(26)35(24-15-7-4-8-16-24)32-27(33)21-22-30-31(32)25-17-9-11-19-28(25)34(30)23-13-5-3-6-14-23/h3-22H,1-2H3. The third kappa shape index (κ3) is 2.77. The first-order valence-corrected chi connectivity index (χ1v) is 12.2. The van der Waals surface area contributed by atoms with E-state index in [0.717, 1.165) is 0 Å². The Labute approximate surface area is 205 Å². The molecule has 7 rings (SSSR count). The fourth-order valence-electron chi connectivity index (χ4n) is 5.94. The van der Waals surface area contributed by atoms with Crippen LogP contribution in [0, 0.1) is 0 Å². The van der Waals surface area contributed by atoms with E-state index in [2.05, 4.69) is 145 Å². The summed E-state index contributed by atoms with van der Waals surface area (Å²) in [5.74, 6) is 0. The van der Waals surface area contributed by atoms with Crippen molar-refractivity contribution in [2.45, 2.75) is 19.3 Å². The number of benzene rings is 5. The van der Waals surface area contributed by atoms with Crippen LogP contribution in [0.4, 0.5) is 17.1 Å². The first-order valence-electron chi connectivity index (χ1n) is 12.2. The number of para-hydroxylation sites is 4. The van der Waals surface area contributed by atoms with Crippen molar-refractivity contribution in [1.82, 2.24) is 4.57 Å². The fourth-order valence-corrected chi connectivity index (χ4v) is 5.94. The molecule has 2 nitrogen and oxygen atoms in total. The maximum absolute atomic E-state index is 2.47. The van der Waals surface area contributed by atoms with Crippen molar-refractivity contribution in [3.8, 4) is 5.69 Å². The molecule has 0 bridgehead atoms. The van der Waals surface area contributed by atoms with Gasteiger partial charge in [0.05, 0.1) is 22.4 Å². The molecule has 1 aromatic heterocycles. The minimum absolute atomic E-state index is 0.124. The second-order valence-electron chi connectivity index (χ2n) is 9.86. The molecule has 0 aliphatic carbocycles. The maximum Gasteiger partial charge on any atom is 0.0602 e. The Morgan fingerprint density at radius 3 is 1.91 bits per heavy atom. The van der Waals surface area contributed by atoms with Crippen LogP contribution < -0.4 is 4.90 Å². The van der Waals surface area contributed by atoms with Gasteiger partial charge >= 0.3 is 0 Å². The van der Waals surface area contributed by atoms with Gasteiger partial charge in [-0.2, -0.15) is 0 Å². The molecule has 168 valence electrons. The molecule has 35 heavy (non-hydrogen) atoms. The van der Waals surface area contributed by atoms with Gasteiger partial charge in [-0.25, -0.2) is 0 Å². The van der Waals surface area contributed by atoms with Crippen LogP contribution in [0.5, 0.6) is 0 Å². The monoisotopic (exact) mass is 450 g/mol. The largest absolute Gasteiger partial charge is 0.309 e. The van der Waals surface area contributed by atoms with E-state index in [-0.39, 0.29) is 5.41 Å². The topological polar surface area (TPSA) is 8.17 Å². The van der Waals surface area contributed by atoms with Crippen LogP contribution in [0.25, 0.3) is 27.5 Å². The first kappa shape index (κ1) is 20.1. The van der Waals surface area contributed by atoms with E-state index < -0.39 is 0 Å². The zero-order valence-electron chi connectivity index (χ0n) is 19.9. The summed E-state index contributed by atoms with van der Waals surface area (Å²) in [6.07, 6.45) is 0. The third-order valence-corrected chi connectivity index (χ3v) is 7.56. The fraction of sp³-hybridized carbons (Fsp3) is 0.0909. The van der Waals surface area contributed by atoms with Crippen LogP contribution in [-0.2, 0) is 5.41 Å². The highest BCUT2D eigenvalue weighted by Crippen LogP contribution is 2.55. The van der Waals surface area contributed by atoms with Gasteiger partial charge in [0.25, 0.3) is 0 Å². The Morgan fingerprint density at radius 2 is 1.14 bits per heavy atom. The van der Waals surface area contributed by atoms with Crippen LogP contribution in [-0.4, -0.2) is 4.57 Å². The van der Waals surface area contributed by atoms with Crippen molar-refractivity contribution in [1.29, 1.82) is 0 Å². The average molecular weight is 451 g/mol. The summed E-state index contributed by atoms with van der Waals surface area (Å²) >= 11 is 0. The minimum Gasteiger partial charge on any atom is -0.309 e. The maximum atomic E-state index is 2.47. The quantitative estimate of drug-likeness (QED) is 0.256. The Hall–Kier alpha value is -4.30. The molecular weight excluding hydrogens is 424 g/mol. The Bertz CT molecular complexity index is 1710. The number of hydrogen-bond acceptors (Lipinski definition) is 1. The zero-order valence-corrected chi connectivity index (χ0v) is 19.9. The molecule has 0 saturated heterocycles. The minimum atomic E-state index is -0.124. The molecule has 5 aromatic carbocycles. The van der Waals surface area contributed by atoms with Gasteiger partial charge in [0.1, 0.15) is 0 Å². The van der Waals surface area contributed by atoms with Crippen LogP contribution in [0.2, 0.25) is 0 Å². The lowest BCUT2D eigenvalue weighted by atomic mass is 9.73. The molecule has 0 radical (unpaired) electrons.